The summed E-state index contributed by atoms with van der Waals surface area (Å²) < 4.78 is 5.30. The zero-order valence-corrected chi connectivity index (χ0v) is 16.3. The number of alkyl carbamates (subject to hydrolysis) is 1. The molecule has 2 atom stereocenters. The van der Waals surface area contributed by atoms with Crippen molar-refractivity contribution in [2.75, 3.05) is 6.54 Å². The molecule has 1 fully saturated rings. The van der Waals surface area contributed by atoms with Crippen LogP contribution in [0.3, 0.4) is 0 Å². The summed E-state index contributed by atoms with van der Waals surface area (Å²) in [7, 11) is 0. The number of hydrogen-bond acceptors (Lipinski definition) is 3. The summed E-state index contributed by atoms with van der Waals surface area (Å²) in [6.07, 6.45) is 1.07. The summed E-state index contributed by atoms with van der Waals surface area (Å²) in [4.78, 5) is 12.6. The molecule has 2 N–H and O–H groups in total. The largest absolute Gasteiger partial charge is 0.444 e. The summed E-state index contributed by atoms with van der Waals surface area (Å²) >= 11 is 17.8. The molecule has 7 heteroatoms. The molecule has 1 saturated heterocycles. The minimum absolute atomic E-state index is 0.180. The molecule has 1 aliphatic heterocycles. The van der Waals surface area contributed by atoms with Crippen LogP contribution < -0.4 is 10.6 Å². The van der Waals surface area contributed by atoms with Gasteiger partial charge in [0.05, 0.1) is 21.1 Å². The highest BCUT2D eigenvalue weighted by Gasteiger charge is 2.27. The van der Waals surface area contributed by atoms with E-state index in [1.54, 1.807) is 6.07 Å². The number of carbonyl (C=O) groups is 1. The van der Waals surface area contributed by atoms with Gasteiger partial charge in [-0.1, -0.05) is 47.6 Å². The van der Waals surface area contributed by atoms with Crippen LogP contribution in [0.4, 0.5) is 4.79 Å². The van der Waals surface area contributed by atoms with E-state index in [2.05, 4.69) is 10.6 Å². The average Bonchev–Trinajstić information content (AvgIpc) is 2.63. The van der Waals surface area contributed by atoms with Crippen molar-refractivity contribution in [1.82, 2.24) is 10.6 Å². The Balaban J connectivity index is 2.04. The van der Waals surface area contributed by atoms with Crippen LogP contribution >= 0.6 is 35.4 Å². The molecule has 0 unspecified atom stereocenters. The van der Waals surface area contributed by atoms with Gasteiger partial charge in [-0.3, -0.25) is 0 Å². The molecular formula is C17H22Cl2N2O2S. The second-order valence-electron chi connectivity index (χ2n) is 6.86. The highest BCUT2D eigenvalue weighted by atomic mass is 35.5. The molecule has 1 heterocycles. The van der Waals surface area contributed by atoms with Crippen LogP contribution in [0.5, 0.6) is 0 Å². The van der Waals surface area contributed by atoms with E-state index in [9.17, 15) is 4.79 Å². The Morgan fingerprint density at radius 1 is 1.33 bits per heavy atom. The van der Waals surface area contributed by atoms with Crippen molar-refractivity contribution in [2.45, 2.75) is 51.2 Å². The van der Waals surface area contributed by atoms with E-state index in [1.165, 1.54) is 0 Å². The molecule has 2 rings (SSSR count). The Hall–Kier alpha value is -1.04. The molecule has 1 aromatic carbocycles. The summed E-state index contributed by atoms with van der Waals surface area (Å²) in [6, 6.07) is 5.39. The Kier molecular flexibility index (Phi) is 6.34. The second-order valence-corrected chi connectivity index (χ2v) is 8.09. The monoisotopic (exact) mass is 388 g/mol. The molecule has 0 saturated carbocycles. The first-order chi connectivity index (χ1) is 11.2. The van der Waals surface area contributed by atoms with Gasteiger partial charge in [0.2, 0.25) is 0 Å². The third-order valence-electron chi connectivity index (χ3n) is 3.76. The number of hydrogen-bond donors (Lipinski definition) is 2. The van der Waals surface area contributed by atoms with Gasteiger partial charge < -0.3 is 15.4 Å². The molecule has 0 spiro atoms. The maximum atomic E-state index is 12.0. The fraction of sp³-hybridized carbons (Fsp3) is 0.529. The Morgan fingerprint density at radius 2 is 2.04 bits per heavy atom. The van der Waals surface area contributed by atoms with Crippen molar-refractivity contribution in [3.05, 3.63) is 33.8 Å². The van der Waals surface area contributed by atoms with Crippen LogP contribution in [-0.4, -0.2) is 29.3 Å². The first-order valence-electron chi connectivity index (χ1n) is 7.88. The van der Waals surface area contributed by atoms with Gasteiger partial charge in [-0.05, 0) is 45.2 Å². The van der Waals surface area contributed by atoms with Gasteiger partial charge in [0.1, 0.15) is 5.60 Å². The summed E-state index contributed by atoms with van der Waals surface area (Å²) in [5.41, 5.74) is 0.457. The molecule has 1 aromatic rings. The Bertz CT molecular complexity index is 632. The van der Waals surface area contributed by atoms with Crippen molar-refractivity contribution >= 4 is 46.5 Å². The summed E-state index contributed by atoms with van der Waals surface area (Å²) in [6.45, 7) is 6.14. The molecule has 132 valence electrons. The van der Waals surface area contributed by atoms with E-state index in [4.69, 9.17) is 40.2 Å². The zero-order valence-electron chi connectivity index (χ0n) is 14.0. The third-order valence-corrected chi connectivity index (χ3v) is 5.02. The van der Waals surface area contributed by atoms with Crippen molar-refractivity contribution in [3.63, 3.8) is 0 Å². The van der Waals surface area contributed by atoms with E-state index < -0.39 is 11.7 Å². The average molecular weight is 389 g/mol. The fourth-order valence-corrected chi connectivity index (χ4v) is 3.36. The smallest absolute Gasteiger partial charge is 0.408 e. The molecular weight excluding hydrogens is 367 g/mol. The number of amides is 1. The van der Waals surface area contributed by atoms with Gasteiger partial charge in [-0.15, -0.1) is 0 Å². The van der Waals surface area contributed by atoms with Gasteiger partial charge in [0.15, 0.2) is 0 Å². The standard InChI is InChI=1S/C17H22Cl2N2O2S/c1-17(2,3)23-16(22)21-13-8-7-10(9-20-15(13)24)11-5-4-6-12(18)14(11)19/h4-6,10,13H,7-9H2,1-3H3,(H,20,24)(H,21,22)/t10-,13-/m1/s1. The maximum absolute atomic E-state index is 12.0. The number of ether oxygens (including phenoxy) is 1. The van der Waals surface area contributed by atoms with Gasteiger partial charge in [0, 0.05) is 12.5 Å². The van der Waals surface area contributed by atoms with Crippen molar-refractivity contribution in [1.29, 1.82) is 0 Å². The Morgan fingerprint density at radius 3 is 2.71 bits per heavy atom. The second kappa shape index (κ2) is 7.89. The molecule has 24 heavy (non-hydrogen) atoms. The lowest BCUT2D eigenvalue weighted by Crippen LogP contribution is -2.46. The minimum atomic E-state index is -0.541. The molecule has 0 radical (unpaired) electrons. The van der Waals surface area contributed by atoms with Gasteiger partial charge in [-0.2, -0.15) is 0 Å². The van der Waals surface area contributed by atoms with E-state index in [0.29, 0.717) is 28.0 Å². The van der Waals surface area contributed by atoms with Crippen LogP contribution in [0.2, 0.25) is 10.0 Å². The highest BCUT2D eigenvalue weighted by Crippen LogP contribution is 2.34. The van der Waals surface area contributed by atoms with Crippen LogP contribution in [0, 0.1) is 0 Å². The molecule has 0 aliphatic carbocycles. The molecule has 1 aliphatic rings. The number of benzene rings is 1. The lowest BCUT2D eigenvalue weighted by Gasteiger charge is -2.23. The van der Waals surface area contributed by atoms with Crippen molar-refractivity contribution in [3.8, 4) is 0 Å². The lowest BCUT2D eigenvalue weighted by atomic mass is 9.94. The SMILES string of the molecule is CC(C)(C)OC(=O)N[C@@H]1CC[C@@H](c2cccc(Cl)c2Cl)CNC1=S. The van der Waals surface area contributed by atoms with E-state index in [-0.39, 0.29) is 12.0 Å². The minimum Gasteiger partial charge on any atom is -0.444 e. The predicted molar refractivity (Wildman–Crippen MR) is 102 cm³/mol. The first kappa shape index (κ1) is 19.3. The van der Waals surface area contributed by atoms with Gasteiger partial charge in [-0.25, -0.2) is 4.79 Å². The van der Waals surface area contributed by atoms with E-state index in [0.717, 1.165) is 12.0 Å². The number of rotatable bonds is 2. The van der Waals surface area contributed by atoms with E-state index in [1.807, 2.05) is 32.9 Å². The van der Waals surface area contributed by atoms with Crippen LogP contribution in [-0.2, 0) is 4.74 Å². The van der Waals surface area contributed by atoms with Crippen LogP contribution in [0.15, 0.2) is 18.2 Å². The molecule has 1 amide bonds. The summed E-state index contributed by atoms with van der Waals surface area (Å²) in [5, 5.41) is 7.18. The molecule has 0 aromatic heterocycles. The zero-order chi connectivity index (χ0) is 17.9. The van der Waals surface area contributed by atoms with Gasteiger partial charge >= 0.3 is 6.09 Å². The van der Waals surface area contributed by atoms with Crippen LogP contribution in [0.1, 0.15) is 45.1 Å². The maximum Gasteiger partial charge on any atom is 0.408 e. The van der Waals surface area contributed by atoms with Crippen LogP contribution in [0.25, 0.3) is 0 Å². The van der Waals surface area contributed by atoms with Crippen molar-refractivity contribution in [2.24, 2.45) is 0 Å². The van der Waals surface area contributed by atoms with Crippen molar-refractivity contribution < 1.29 is 9.53 Å². The number of halogens is 2. The highest BCUT2D eigenvalue weighted by molar-refractivity contribution is 7.80. The normalized spacial score (nSPS) is 21.6. The summed E-state index contributed by atoms with van der Waals surface area (Å²) in [5.74, 6) is 0.180. The molecule has 4 nitrogen and oxygen atoms in total. The quantitative estimate of drug-likeness (QED) is 0.721. The number of thiocarbonyl (C=S) groups is 1. The number of carbonyl (C=O) groups excluding carboxylic acids is 1. The lowest BCUT2D eigenvalue weighted by molar-refractivity contribution is 0.0516. The topological polar surface area (TPSA) is 50.4 Å². The third kappa shape index (κ3) is 5.23. The molecule has 0 bridgehead atoms. The number of nitrogens with one attached hydrogen (secondary N) is 2. The first-order valence-corrected chi connectivity index (χ1v) is 9.05. The van der Waals surface area contributed by atoms with Gasteiger partial charge in [0.25, 0.3) is 0 Å². The van der Waals surface area contributed by atoms with E-state index >= 15 is 0 Å². The fourth-order valence-electron chi connectivity index (χ4n) is 2.64. The predicted octanol–water partition coefficient (Wildman–Crippen LogP) is 4.68. The Labute approximate surface area is 158 Å².